The molecular formula is C17H14ClNO6S. The van der Waals surface area contributed by atoms with Crippen LogP contribution in [0.4, 0.5) is 5.69 Å². The number of carbonyl (C=O) groups is 1. The molecule has 2 aromatic rings. The molecule has 0 spiro atoms. The molecule has 0 unspecified atom stereocenters. The number of sulfone groups is 1. The van der Waals surface area contributed by atoms with Gasteiger partial charge in [-0.3, -0.25) is 14.9 Å². The lowest BCUT2D eigenvalue weighted by atomic mass is 10.1. The number of nitro groups is 1. The standard InChI is InChI=1S/C17H14ClNO6S/c1-25-16-10-12(4-8-17(16)26(2,23)24)15(20)7-3-11-9-13(19(21)22)5-6-14(11)18/h3-10H,1-2H3/b7-3+. The van der Waals surface area contributed by atoms with E-state index in [9.17, 15) is 23.3 Å². The average molecular weight is 396 g/mol. The number of halogens is 1. The molecule has 2 aromatic carbocycles. The van der Waals surface area contributed by atoms with E-state index in [2.05, 4.69) is 0 Å². The van der Waals surface area contributed by atoms with Gasteiger partial charge in [-0.05, 0) is 42.0 Å². The first-order valence-corrected chi connectivity index (χ1v) is 9.45. The number of nitro benzene ring substituents is 1. The van der Waals surface area contributed by atoms with E-state index in [0.717, 1.165) is 6.26 Å². The van der Waals surface area contributed by atoms with E-state index in [1.165, 1.54) is 55.7 Å². The first kappa shape index (κ1) is 19.6. The lowest BCUT2D eigenvalue weighted by Gasteiger charge is -2.08. The number of hydrogen-bond acceptors (Lipinski definition) is 6. The highest BCUT2D eigenvalue weighted by Crippen LogP contribution is 2.26. The van der Waals surface area contributed by atoms with Crippen LogP contribution in [-0.2, 0) is 9.84 Å². The fraction of sp³-hybridized carbons (Fsp3) is 0.118. The molecule has 26 heavy (non-hydrogen) atoms. The highest BCUT2D eigenvalue weighted by atomic mass is 35.5. The molecule has 0 aliphatic carbocycles. The molecule has 0 radical (unpaired) electrons. The highest BCUT2D eigenvalue weighted by molar-refractivity contribution is 7.90. The second-order valence-electron chi connectivity index (χ2n) is 5.30. The second-order valence-corrected chi connectivity index (χ2v) is 7.69. The molecule has 0 saturated heterocycles. The number of ketones is 1. The first-order valence-electron chi connectivity index (χ1n) is 7.18. The maximum atomic E-state index is 12.3. The second kappa shape index (κ2) is 7.67. The maximum Gasteiger partial charge on any atom is 0.270 e. The normalized spacial score (nSPS) is 11.5. The topological polar surface area (TPSA) is 104 Å². The van der Waals surface area contributed by atoms with Crippen LogP contribution in [0.5, 0.6) is 5.75 Å². The van der Waals surface area contributed by atoms with Gasteiger partial charge < -0.3 is 4.74 Å². The third-order valence-electron chi connectivity index (χ3n) is 3.45. The molecule has 2 rings (SSSR count). The van der Waals surface area contributed by atoms with Crippen molar-refractivity contribution in [2.24, 2.45) is 0 Å². The lowest BCUT2D eigenvalue weighted by Crippen LogP contribution is -2.03. The molecule has 136 valence electrons. The Bertz CT molecular complexity index is 1010. The van der Waals surface area contributed by atoms with Crippen LogP contribution in [0.2, 0.25) is 5.02 Å². The molecule has 0 heterocycles. The van der Waals surface area contributed by atoms with E-state index in [4.69, 9.17) is 16.3 Å². The third-order valence-corrected chi connectivity index (χ3v) is 4.93. The summed E-state index contributed by atoms with van der Waals surface area (Å²) in [6, 6.07) is 7.85. The Labute approximate surface area is 154 Å². The minimum atomic E-state index is -3.50. The van der Waals surface area contributed by atoms with E-state index < -0.39 is 20.5 Å². The largest absolute Gasteiger partial charge is 0.495 e. The summed E-state index contributed by atoms with van der Waals surface area (Å²) < 4.78 is 28.4. The SMILES string of the molecule is COc1cc(C(=O)/C=C/c2cc([N+](=O)[O-])ccc2Cl)ccc1S(C)(=O)=O. The van der Waals surface area contributed by atoms with Crippen LogP contribution < -0.4 is 4.74 Å². The Balaban J connectivity index is 2.35. The minimum absolute atomic E-state index is 0.0257. The molecule has 9 heteroatoms. The van der Waals surface area contributed by atoms with Crippen LogP contribution in [0.1, 0.15) is 15.9 Å². The zero-order chi connectivity index (χ0) is 19.5. The van der Waals surface area contributed by atoms with Crippen LogP contribution in [0.3, 0.4) is 0 Å². The van der Waals surface area contributed by atoms with Gasteiger partial charge in [0, 0.05) is 29.0 Å². The number of hydrogen-bond donors (Lipinski definition) is 0. The third kappa shape index (κ3) is 4.47. The van der Waals surface area contributed by atoms with Crippen molar-refractivity contribution in [3.05, 3.63) is 68.7 Å². The predicted molar refractivity (Wildman–Crippen MR) is 97.6 cm³/mol. The molecule has 7 nitrogen and oxygen atoms in total. The lowest BCUT2D eigenvalue weighted by molar-refractivity contribution is -0.384. The summed E-state index contributed by atoms with van der Waals surface area (Å²) in [5, 5.41) is 11.1. The van der Waals surface area contributed by atoms with Crippen molar-refractivity contribution in [3.8, 4) is 5.75 Å². The van der Waals surface area contributed by atoms with Gasteiger partial charge in [-0.2, -0.15) is 0 Å². The number of methoxy groups -OCH3 is 1. The molecule has 0 atom stereocenters. The molecule has 0 bridgehead atoms. The van der Waals surface area contributed by atoms with Crippen molar-refractivity contribution >= 4 is 39.0 Å². The average Bonchev–Trinajstić information content (AvgIpc) is 2.59. The molecule has 0 amide bonds. The highest BCUT2D eigenvalue weighted by Gasteiger charge is 2.16. The first-order chi connectivity index (χ1) is 12.1. The summed E-state index contributed by atoms with van der Waals surface area (Å²) in [6.45, 7) is 0. The number of rotatable bonds is 6. The zero-order valence-corrected chi connectivity index (χ0v) is 15.4. The molecule has 0 aromatic heterocycles. The van der Waals surface area contributed by atoms with Gasteiger partial charge in [-0.25, -0.2) is 8.42 Å². The van der Waals surface area contributed by atoms with Crippen molar-refractivity contribution in [3.63, 3.8) is 0 Å². The van der Waals surface area contributed by atoms with E-state index in [0.29, 0.717) is 5.56 Å². The van der Waals surface area contributed by atoms with E-state index in [1.54, 1.807) is 0 Å². The predicted octanol–water partition coefficient (Wildman–Crippen LogP) is 3.56. The van der Waals surface area contributed by atoms with Gasteiger partial charge in [-0.1, -0.05) is 11.6 Å². The van der Waals surface area contributed by atoms with Crippen molar-refractivity contribution in [2.45, 2.75) is 4.90 Å². The Morgan fingerprint density at radius 3 is 2.50 bits per heavy atom. The monoisotopic (exact) mass is 395 g/mol. The van der Waals surface area contributed by atoms with Gasteiger partial charge >= 0.3 is 0 Å². The van der Waals surface area contributed by atoms with Gasteiger partial charge in [0.05, 0.1) is 12.0 Å². The fourth-order valence-electron chi connectivity index (χ4n) is 2.16. The molecule has 0 aliphatic rings. The summed E-state index contributed by atoms with van der Waals surface area (Å²) in [7, 11) is -2.19. The Hall–Kier alpha value is -2.71. The smallest absolute Gasteiger partial charge is 0.270 e. The summed E-state index contributed by atoms with van der Waals surface area (Å²) in [5.74, 6) is -0.383. The number of ether oxygens (including phenoxy) is 1. The van der Waals surface area contributed by atoms with E-state index >= 15 is 0 Å². The van der Waals surface area contributed by atoms with Crippen LogP contribution in [0.25, 0.3) is 6.08 Å². The number of benzene rings is 2. The summed E-state index contributed by atoms with van der Waals surface area (Å²) in [4.78, 5) is 22.5. The van der Waals surface area contributed by atoms with Gasteiger partial charge in [0.25, 0.3) is 5.69 Å². The van der Waals surface area contributed by atoms with Gasteiger partial charge in [-0.15, -0.1) is 0 Å². The molecule has 0 saturated carbocycles. The molecule has 0 N–H and O–H groups in total. The fourth-order valence-corrected chi connectivity index (χ4v) is 3.16. The molecule has 0 fully saturated rings. The number of carbonyl (C=O) groups excluding carboxylic acids is 1. The minimum Gasteiger partial charge on any atom is -0.495 e. The maximum absolute atomic E-state index is 12.3. The van der Waals surface area contributed by atoms with Crippen molar-refractivity contribution < 1.29 is 22.9 Å². The van der Waals surface area contributed by atoms with Crippen LogP contribution in [0, 0.1) is 10.1 Å². The van der Waals surface area contributed by atoms with Gasteiger partial charge in [0.15, 0.2) is 15.6 Å². The van der Waals surface area contributed by atoms with Crippen LogP contribution >= 0.6 is 11.6 Å². The Kier molecular flexibility index (Phi) is 5.79. The number of nitrogens with zero attached hydrogens (tertiary/aromatic N) is 1. The Morgan fingerprint density at radius 2 is 1.92 bits per heavy atom. The van der Waals surface area contributed by atoms with Crippen LogP contribution in [-0.4, -0.2) is 32.5 Å². The van der Waals surface area contributed by atoms with Crippen molar-refractivity contribution in [2.75, 3.05) is 13.4 Å². The Morgan fingerprint density at radius 1 is 1.23 bits per heavy atom. The summed E-state index contributed by atoms with van der Waals surface area (Å²) >= 11 is 5.98. The summed E-state index contributed by atoms with van der Waals surface area (Å²) in [6.07, 6.45) is 3.59. The van der Waals surface area contributed by atoms with Gasteiger partial charge in [0.1, 0.15) is 10.6 Å². The summed E-state index contributed by atoms with van der Waals surface area (Å²) in [5.41, 5.74) is 0.363. The van der Waals surface area contributed by atoms with Crippen molar-refractivity contribution in [1.82, 2.24) is 0 Å². The number of allylic oxidation sites excluding steroid dienone is 1. The van der Waals surface area contributed by atoms with E-state index in [1.807, 2.05) is 0 Å². The van der Waals surface area contributed by atoms with Crippen molar-refractivity contribution in [1.29, 1.82) is 0 Å². The van der Waals surface area contributed by atoms with E-state index in [-0.39, 0.29) is 26.9 Å². The molecular weight excluding hydrogens is 382 g/mol. The molecule has 0 aliphatic heterocycles. The zero-order valence-electron chi connectivity index (χ0n) is 13.8. The number of non-ortho nitro benzene ring substituents is 1. The van der Waals surface area contributed by atoms with Crippen LogP contribution in [0.15, 0.2) is 47.4 Å². The van der Waals surface area contributed by atoms with Gasteiger partial charge in [0.2, 0.25) is 0 Å². The quantitative estimate of drug-likeness (QED) is 0.320.